The van der Waals surface area contributed by atoms with E-state index in [2.05, 4.69) is 0 Å². The molecule has 78 valence electrons. The molecule has 0 amide bonds. The summed E-state index contributed by atoms with van der Waals surface area (Å²) >= 11 is 1.51. The van der Waals surface area contributed by atoms with Gasteiger partial charge in [0.1, 0.15) is 5.76 Å². The molecular weight excluding hydrogens is 200 g/mol. The van der Waals surface area contributed by atoms with E-state index in [0.29, 0.717) is 5.75 Å². The smallest absolute Gasteiger partial charge is 0.309 e. The summed E-state index contributed by atoms with van der Waals surface area (Å²) in [6.45, 7) is 5.31. The summed E-state index contributed by atoms with van der Waals surface area (Å²) in [5, 5.41) is 8.90. The van der Waals surface area contributed by atoms with Crippen LogP contribution in [0.2, 0.25) is 0 Å². The summed E-state index contributed by atoms with van der Waals surface area (Å²) in [4.78, 5) is 11.8. The highest BCUT2D eigenvalue weighted by Crippen LogP contribution is 2.30. The van der Waals surface area contributed by atoms with Gasteiger partial charge in [-0.25, -0.2) is 0 Å². The maximum absolute atomic E-state index is 10.8. The van der Waals surface area contributed by atoms with Gasteiger partial charge in [0.2, 0.25) is 0 Å². The number of carboxylic acids is 1. The summed E-state index contributed by atoms with van der Waals surface area (Å²) < 4.78 is 5.12. The summed E-state index contributed by atoms with van der Waals surface area (Å²) in [5.74, 6) is 0.616. The van der Waals surface area contributed by atoms with E-state index in [9.17, 15) is 4.79 Å². The van der Waals surface area contributed by atoms with Crippen LogP contribution in [0, 0.1) is 12.3 Å². The molecule has 1 heterocycles. The molecule has 1 aromatic heterocycles. The van der Waals surface area contributed by atoms with Crippen LogP contribution in [0.1, 0.15) is 19.6 Å². The molecule has 0 aliphatic heterocycles. The van der Waals surface area contributed by atoms with E-state index < -0.39 is 11.4 Å². The van der Waals surface area contributed by atoms with Gasteiger partial charge in [0.05, 0.1) is 11.7 Å². The van der Waals surface area contributed by atoms with Crippen LogP contribution in [-0.4, -0.2) is 16.8 Å². The average molecular weight is 214 g/mol. The molecule has 1 N–H and O–H groups in total. The van der Waals surface area contributed by atoms with Crippen LogP contribution in [0.5, 0.6) is 0 Å². The SMILES string of the molecule is Cc1occc1SCC(C)(C)C(=O)O. The fraction of sp³-hybridized carbons (Fsp3) is 0.500. The fourth-order valence-corrected chi connectivity index (χ4v) is 1.89. The molecule has 3 nitrogen and oxygen atoms in total. The maximum Gasteiger partial charge on any atom is 0.309 e. The van der Waals surface area contributed by atoms with Gasteiger partial charge in [-0.3, -0.25) is 4.79 Å². The Labute approximate surface area is 87.5 Å². The minimum atomic E-state index is -0.772. The Morgan fingerprint density at radius 1 is 1.64 bits per heavy atom. The minimum absolute atomic E-state index is 0.544. The van der Waals surface area contributed by atoms with Gasteiger partial charge < -0.3 is 9.52 Å². The number of carboxylic acid groups (broad SMARTS) is 1. The number of hydrogen-bond acceptors (Lipinski definition) is 3. The Morgan fingerprint density at radius 2 is 2.29 bits per heavy atom. The molecule has 14 heavy (non-hydrogen) atoms. The lowest BCUT2D eigenvalue weighted by atomic mass is 9.97. The molecule has 1 rings (SSSR count). The van der Waals surface area contributed by atoms with Gasteiger partial charge in [-0.2, -0.15) is 0 Å². The van der Waals surface area contributed by atoms with Gasteiger partial charge in [0.15, 0.2) is 0 Å². The number of thioether (sulfide) groups is 1. The second-order valence-corrected chi connectivity index (χ2v) is 4.84. The van der Waals surface area contributed by atoms with E-state index in [-0.39, 0.29) is 0 Å². The fourth-order valence-electron chi connectivity index (χ4n) is 0.843. The highest BCUT2D eigenvalue weighted by molar-refractivity contribution is 7.99. The van der Waals surface area contributed by atoms with Crippen molar-refractivity contribution in [1.29, 1.82) is 0 Å². The first kappa shape index (κ1) is 11.2. The van der Waals surface area contributed by atoms with Crippen LogP contribution in [0.4, 0.5) is 0 Å². The Morgan fingerprint density at radius 3 is 2.71 bits per heavy atom. The van der Waals surface area contributed by atoms with Crippen molar-refractivity contribution >= 4 is 17.7 Å². The normalized spacial score (nSPS) is 11.6. The van der Waals surface area contributed by atoms with Crippen molar-refractivity contribution in [2.45, 2.75) is 25.7 Å². The van der Waals surface area contributed by atoms with Crippen molar-refractivity contribution in [1.82, 2.24) is 0 Å². The van der Waals surface area contributed by atoms with Crippen molar-refractivity contribution in [2.24, 2.45) is 5.41 Å². The molecule has 0 aliphatic carbocycles. The first-order valence-corrected chi connectivity index (χ1v) is 5.32. The third-order valence-electron chi connectivity index (χ3n) is 1.98. The Kier molecular flexibility index (Phi) is 3.26. The average Bonchev–Trinajstić information content (AvgIpc) is 2.47. The lowest BCUT2D eigenvalue weighted by molar-refractivity contribution is -0.145. The molecule has 4 heteroatoms. The quantitative estimate of drug-likeness (QED) is 0.783. The monoisotopic (exact) mass is 214 g/mol. The number of aliphatic carboxylic acids is 1. The molecular formula is C10H14O3S. The molecule has 0 aliphatic rings. The first-order valence-electron chi connectivity index (χ1n) is 4.34. The van der Waals surface area contributed by atoms with E-state index in [1.807, 2.05) is 13.0 Å². The Hall–Kier alpha value is -0.900. The molecule has 0 fully saturated rings. The van der Waals surface area contributed by atoms with Crippen LogP contribution in [0.15, 0.2) is 21.6 Å². The standard InChI is InChI=1S/C10H14O3S/c1-7-8(4-5-13-7)14-6-10(2,3)9(11)12/h4-5H,6H2,1-3H3,(H,11,12). The summed E-state index contributed by atoms with van der Waals surface area (Å²) in [5.41, 5.74) is -0.700. The predicted molar refractivity (Wildman–Crippen MR) is 55.6 cm³/mol. The molecule has 0 saturated carbocycles. The van der Waals surface area contributed by atoms with Crippen molar-refractivity contribution in [3.05, 3.63) is 18.1 Å². The number of rotatable bonds is 4. The van der Waals surface area contributed by atoms with E-state index in [4.69, 9.17) is 9.52 Å². The zero-order chi connectivity index (χ0) is 10.8. The van der Waals surface area contributed by atoms with Gasteiger partial charge in [0.25, 0.3) is 0 Å². The highest BCUT2D eigenvalue weighted by atomic mass is 32.2. The summed E-state index contributed by atoms with van der Waals surface area (Å²) in [6.07, 6.45) is 1.62. The number of hydrogen-bond donors (Lipinski definition) is 1. The summed E-state index contributed by atoms with van der Waals surface area (Å²) in [7, 11) is 0. The van der Waals surface area contributed by atoms with Crippen LogP contribution >= 0.6 is 11.8 Å². The zero-order valence-electron chi connectivity index (χ0n) is 8.53. The van der Waals surface area contributed by atoms with E-state index in [0.717, 1.165) is 10.7 Å². The van der Waals surface area contributed by atoms with E-state index in [1.165, 1.54) is 11.8 Å². The van der Waals surface area contributed by atoms with E-state index >= 15 is 0 Å². The minimum Gasteiger partial charge on any atom is -0.481 e. The van der Waals surface area contributed by atoms with Gasteiger partial charge >= 0.3 is 5.97 Å². The highest BCUT2D eigenvalue weighted by Gasteiger charge is 2.27. The zero-order valence-corrected chi connectivity index (χ0v) is 9.35. The molecule has 0 aromatic carbocycles. The second-order valence-electron chi connectivity index (χ2n) is 3.82. The lowest BCUT2D eigenvalue weighted by Gasteiger charge is -2.17. The van der Waals surface area contributed by atoms with Gasteiger partial charge in [-0.15, -0.1) is 11.8 Å². The Balaban J connectivity index is 2.57. The molecule has 0 bridgehead atoms. The lowest BCUT2D eigenvalue weighted by Crippen LogP contribution is -2.26. The summed E-state index contributed by atoms with van der Waals surface area (Å²) in [6, 6.07) is 1.86. The molecule has 0 radical (unpaired) electrons. The molecule has 0 unspecified atom stereocenters. The van der Waals surface area contributed by atoms with Crippen molar-refractivity contribution in [2.75, 3.05) is 5.75 Å². The third kappa shape index (κ3) is 2.54. The topological polar surface area (TPSA) is 50.4 Å². The van der Waals surface area contributed by atoms with Crippen LogP contribution < -0.4 is 0 Å². The predicted octanol–water partition coefficient (Wildman–Crippen LogP) is 2.79. The Bertz CT molecular complexity index is 328. The second kappa shape index (κ2) is 4.09. The van der Waals surface area contributed by atoms with Crippen LogP contribution in [-0.2, 0) is 4.79 Å². The number of furan rings is 1. The molecule has 0 spiro atoms. The van der Waals surface area contributed by atoms with Gasteiger partial charge in [-0.05, 0) is 26.8 Å². The van der Waals surface area contributed by atoms with Crippen molar-refractivity contribution in [3.8, 4) is 0 Å². The molecule has 1 aromatic rings. The van der Waals surface area contributed by atoms with Crippen molar-refractivity contribution < 1.29 is 14.3 Å². The van der Waals surface area contributed by atoms with Gasteiger partial charge in [-0.1, -0.05) is 0 Å². The van der Waals surface area contributed by atoms with E-state index in [1.54, 1.807) is 20.1 Å². The number of aryl methyl sites for hydroxylation is 1. The molecule has 0 atom stereocenters. The van der Waals surface area contributed by atoms with Crippen molar-refractivity contribution in [3.63, 3.8) is 0 Å². The third-order valence-corrected chi connectivity index (χ3v) is 3.58. The molecule has 0 saturated heterocycles. The van der Waals surface area contributed by atoms with Gasteiger partial charge in [0, 0.05) is 10.6 Å². The first-order chi connectivity index (χ1) is 6.43. The largest absolute Gasteiger partial charge is 0.481 e. The maximum atomic E-state index is 10.8. The number of carbonyl (C=O) groups is 1. The van der Waals surface area contributed by atoms with Crippen LogP contribution in [0.25, 0.3) is 0 Å². The van der Waals surface area contributed by atoms with Crippen LogP contribution in [0.3, 0.4) is 0 Å².